The number of anilines is 1. The van der Waals surface area contributed by atoms with Crippen LogP contribution in [0.5, 0.6) is 0 Å². The molecule has 0 bridgehead atoms. The molecule has 0 saturated carbocycles. The van der Waals surface area contributed by atoms with Crippen LogP contribution in [0.2, 0.25) is 0 Å². The Morgan fingerprint density at radius 3 is 2.56 bits per heavy atom. The summed E-state index contributed by atoms with van der Waals surface area (Å²) in [7, 11) is 0. The SMILES string of the molecule is CCN(CC(C)C)c1nc(CNCC(C)C)co1. The first-order valence-electron chi connectivity index (χ1n) is 6.93. The van der Waals surface area contributed by atoms with Gasteiger partial charge in [-0.3, -0.25) is 0 Å². The Kier molecular flexibility index (Phi) is 6.19. The van der Waals surface area contributed by atoms with E-state index in [1.54, 1.807) is 6.26 Å². The van der Waals surface area contributed by atoms with Crippen molar-refractivity contribution in [2.24, 2.45) is 11.8 Å². The number of aromatic nitrogens is 1. The highest BCUT2D eigenvalue weighted by atomic mass is 16.4. The van der Waals surface area contributed by atoms with Crippen LogP contribution in [-0.2, 0) is 6.54 Å². The van der Waals surface area contributed by atoms with E-state index in [-0.39, 0.29) is 0 Å². The van der Waals surface area contributed by atoms with Gasteiger partial charge in [0.25, 0.3) is 6.01 Å². The molecule has 0 aliphatic carbocycles. The van der Waals surface area contributed by atoms with E-state index in [1.165, 1.54) is 0 Å². The fourth-order valence-corrected chi connectivity index (χ4v) is 1.79. The molecule has 18 heavy (non-hydrogen) atoms. The second kappa shape index (κ2) is 7.41. The third kappa shape index (κ3) is 5.08. The molecule has 4 heteroatoms. The molecule has 1 heterocycles. The van der Waals surface area contributed by atoms with Crippen molar-refractivity contribution in [3.05, 3.63) is 12.0 Å². The van der Waals surface area contributed by atoms with Crippen LogP contribution < -0.4 is 10.2 Å². The molecule has 0 aromatic carbocycles. The van der Waals surface area contributed by atoms with E-state index in [2.05, 4.69) is 49.8 Å². The molecule has 1 aromatic rings. The topological polar surface area (TPSA) is 41.3 Å². The van der Waals surface area contributed by atoms with Crippen LogP contribution in [0, 0.1) is 11.8 Å². The van der Waals surface area contributed by atoms with Gasteiger partial charge in [0.1, 0.15) is 6.26 Å². The van der Waals surface area contributed by atoms with Gasteiger partial charge < -0.3 is 14.6 Å². The number of nitrogens with one attached hydrogen (secondary N) is 1. The van der Waals surface area contributed by atoms with Crippen LogP contribution in [-0.4, -0.2) is 24.6 Å². The molecule has 104 valence electrons. The summed E-state index contributed by atoms with van der Waals surface area (Å²) in [6.45, 7) is 14.6. The first-order chi connectivity index (χ1) is 8.52. The van der Waals surface area contributed by atoms with Gasteiger partial charge in [0.2, 0.25) is 0 Å². The summed E-state index contributed by atoms with van der Waals surface area (Å²) in [5.74, 6) is 1.27. The highest BCUT2D eigenvalue weighted by molar-refractivity contribution is 5.26. The van der Waals surface area contributed by atoms with Gasteiger partial charge in [-0.05, 0) is 25.3 Å². The summed E-state index contributed by atoms with van der Waals surface area (Å²) >= 11 is 0. The zero-order chi connectivity index (χ0) is 13.5. The number of hydrogen-bond acceptors (Lipinski definition) is 4. The minimum Gasteiger partial charge on any atom is -0.432 e. The molecule has 0 aliphatic heterocycles. The van der Waals surface area contributed by atoms with Crippen molar-refractivity contribution < 1.29 is 4.42 Å². The molecular formula is C14H27N3O. The van der Waals surface area contributed by atoms with E-state index < -0.39 is 0 Å². The Balaban J connectivity index is 2.50. The van der Waals surface area contributed by atoms with Gasteiger partial charge in [-0.15, -0.1) is 0 Å². The minimum absolute atomic E-state index is 0.611. The molecule has 0 aliphatic rings. The van der Waals surface area contributed by atoms with Gasteiger partial charge in [-0.1, -0.05) is 27.7 Å². The molecule has 1 N–H and O–H groups in total. The van der Waals surface area contributed by atoms with Crippen LogP contribution in [0.25, 0.3) is 0 Å². The zero-order valence-corrected chi connectivity index (χ0v) is 12.4. The van der Waals surface area contributed by atoms with Gasteiger partial charge in [0.05, 0.1) is 5.69 Å². The summed E-state index contributed by atoms with van der Waals surface area (Å²) in [6, 6.07) is 0.743. The number of hydrogen-bond donors (Lipinski definition) is 1. The van der Waals surface area contributed by atoms with Gasteiger partial charge in [-0.2, -0.15) is 4.98 Å². The largest absolute Gasteiger partial charge is 0.432 e. The van der Waals surface area contributed by atoms with E-state index in [9.17, 15) is 0 Å². The summed E-state index contributed by atoms with van der Waals surface area (Å²) < 4.78 is 5.55. The minimum atomic E-state index is 0.611. The number of oxazole rings is 1. The molecule has 1 aromatic heterocycles. The normalized spacial score (nSPS) is 11.5. The van der Waals surface area contributed by atoms with Gasteiger partial charge in [0.15, 0.2) is 0 Å². The van der Waals surface area contributed by atoms with Crippen LogP contribution in [0.15, 0.2) is 10.7 Å². The predicted octanol–water partition coefficient (Wildman–Crippen LogP) is 2.90. The Labute approximate surface area is 111 Å². The third-order valence-corrected chi connectivity index (χ3v) is 2.64. The van der Waals surface area contributed by atoms with Crippen LogP contribution in [0.1, 0.15) is 40.3 Å². The monoisotopic (exact) mass is 253 g/mol. The smallest absolute Gasteiger partial charge is 0.297 e. The van der Waals surface area contributed by atoms with Crippen molar-refractivity contribution in [1.82, 2.24) is 10.3 Å². The Bertz CT molecular complexity index is 334. The standard InChI is InChI=1S/C14H27N3O/c1-6-17(9-12(4)5)14-16-13(10-18-14)8-15-7-11(2)3/h10-12,15H,6-9H2,1-5H3. The summed E-state index contributed by atoms with van der Waals surface area (Å²) in [5.41, 5.74) is 0.979. The Morgan fingerprint density at radius 1 is 1.28 bits per heavy atom. The first-order valence-corrected chi connectivity index (χ1v) is 6.93. The van der Waals surface area contributed by atoms with Crippen LogP contribution >= 0.6 is 0 Å². The van der Waals surface area contributed by atoms with Gasteiger partial charge in [-0.25, -0.2) is 0 Å². The highest BCUT2D eigenvalue weighted by Crippen LogP contribution is 2.15. The van der Waals surface area contributed by atoms with Crippen molar-refractivity contribution in [3.8, 4) is 0 Å². The fraction of sp³-hybridized carbons (Fsp3) is 0.786. The molecule has 1 rings (SSSR count). The molecular weight excluding hydrogens is 226 g/mol. The summed E-state index contributed by atoms with van der Waals surface area (Å²) in [4.78, 5) is 6.71. The second-order valence-corrected chi connectivity index (χ2v) is 5.58. The van der Waals surface area contributed by atoms with Crippen molar-refractivity contribution in [2.45, 2.75) is 41.2 Å². The molecule has 0 saturated heterocycles. The van der Waals surface area contributed by atoms with Crippen molar-refractivity contribution >= 4 is 6.01 Å². The lowest BCUT2D eigenvalue weighted by molar-refractivity contribution is 0.510. The molecule has 0 spiro atoms. The van der Waals surface area contributed by atoms with Crippen LogP contribution in [0.3, 0.4) is 0 Å². The predicted molar refractivity (Wildman–Crippen MR) is 75.8 cm³/mol. The molecule has 0 amide bonds. The van der Waals surface area contributed by atoms with Crippen molar-refractivity contribution in [1.29, 1.82) is 0 Å². The average Bonchev–Trinajstić information content (AvgIpc) is 2.73. The average molecular weight is 253 g/mol. The van der Waals surface area contributed by atoms with E-state index in [0.717, 1.165) is 37.9 Å². The van der Waals surface area contributed by atoms with E-state index in [0.29, 0.717) is 11.8 Å². The van der Waals surface area contributed by atoms with Crippen molar-refractivity contribution in [3.63, 3.8) is 0 Å². The van der Waals surface area contributed by atoms with Gasteiger partial charge >= 0.3 is 0 Å². The van der Waals surface area contributed by atoms with E-state index in [1.807, 2.05) is 0 Å². The van der Waals surface area contributed by atoms with Gasteiger partial charge in [0, 0.05) is 19.6 Å². The molecule has 0 fully saturated rings. The highest BCUT2D eigenvalue weighted by Gasteiger charge is 2.12. The maximum atomic E-state index is 5.55. The second-order valence-electron chi connectivity index (χ2n) is 5.58. The van der Waals surface area contributed by atoms with E-state index >= 15 is 0 Å². The Morgan fingerprint density at radius 2 is 2.00 bits per heavy atom. The third-order valence-electron chi connectivity index (χ3n) is 2.64. The Hall–Kier alpha value is -1.03. The number of rotatable bonds is 8. The lowest BCUT2D eigenvalue weighted by atomic mass is 10.2. The zero-order valence-electron chi connectivity index (χ0n) is 12.4. The van der Waals surface area contributed by atoms with E-state index in [4.69, 9.17) is 4.42 Å². The maximum absolute atomic E-state index is 5.55. The maximum Gasteiger partial charge on any atom is 0.297 e. The lowest BCUT2D eigenvalue weighted by Crippen LogP contribution is -2.27. The van der Waals surface area contributed by atoms with Crippen molar-refractivity contribution in [2.75, 3.05) is 24.5 Å². The molecule has 4 nitrogen and oxygen atoms in total. The molecule has 0 radical (unpaired) electrons. The lowest BCUT2D eigenvalue weighted by Gasteiger charge is -2.20. The van der Waals surface area contributed by atoms with Crippen LogP contribution in [0.4, 0.5) is 6.01 Å². The molecule has 0 unspecified atom stereocenters. The molecule has 0 atom stereocenters. The summed E-state index contributed by atoms with van der Waals surface area (Å²) in [6.07, 6.45) is 1.76. The summed E-state index contributed by atoms with van der Waals surface area (Å²) in [5, 5.41) is 3.37. The fourth-order valence-electron chi connectivity index (χ4n) is 1.79. The first kappa shape index (κ1) is 15.0. The quantitative estimate of drug-likeness (QED) is 0.773. The number of nitrogens with zero attached hydrogens (tertiary/aromatic N) is 2.